The Kier molecular flexibility index (Phi) is 11.0. The number of sulfonamides is 1. The molecule has 4 rings (SSSR count). The molecule has 1 N–H and O–H groups in total. The monoisotopic (exact) mass is 609 g/mol. The van der Waals surface area contributed by atoms with Crippen molar-refractivity contribution in [3.63, 3.8) is 0 Å². The van der Waals surface area contributed by atoms with Crippen molar-refractivity contribution in [2.24, 2.45) is 0 Å². The maximum atomic E-state index is 14.3. The number of nitrogens with zero attached hydrogens (tertiary/aromatic N) is 2. The van der Waals surface area contributed by atoms with Gasteiger partial charge in [-0.2, -0.15) is 0 Å². The molecule has 1 aliphatic rings. The topological polar surface area (TPSA) is 86.8 Å². The second-order valence-corrected chi connectivity index (χ2v) is 13.0. The molecular formula is C33H40ClN3O4S. The fraction of sp³-hybridized carbons (Fsp3) is 0.394. The minimum Gasteiger partial charge on any atom is -0.352 e. The van der Waals surface area contributed by atoms with E-state index in [1.54, 1.807) is 42.5 Å². The minimum atomic E-state index is -4.11. The second kappa shape index (κ2) is 14.7. The van der Waals surface area contributed by atoms with Crippen LogP contribution in [0.2, 0.25) is 5.02 Å². The molecule has 2 amide bonds. The van der Waals surface area contributed by atoms with Gasteiger partial charge in [0.15, 0.2) is 0 Å². The number of carbonyl (C=O) groups is 2. The molecular weight excluding hydrogens is 570 g/mol. The summed E-state index contributed by atoms with van der Waals surface area (Å²) in [7, 11) is -4.11. The lowest BCUT2D eigenvalue weighted by molar-refractivity contribution is -0.140. The molecule has 0 saturated heterocycles. The zero-order chi connectivity index (χ0) is 30.1. The van der Waals surface area contributed by atoms with Gasteiger partial charge in [-0.15, -0.1) is 0 Å². The summed E-state index contributed by atoms with van der Waals surface area (Å²) in [6.45, 7) is 3.42. The molecule has 0 unspecified atom stereocenters. The highest BCUT2D eigenvalue weighted by molar-refractivity contribution is 7.92. The highest BCUT2D eigenvalue weighted by Crippen LogP contribution is 2.29. The third-order valence-electron chi connectivity index (χ3n) is 7.89. The Labute approximate surface area is 254 Å². The number of hydrogen-bond donors (Lipinski definition) is 1. The summed E-state index contributed by atoms with van der Waals surface area (Å²) in [5.74, 6) is -0.706. The first-order chi connectivity index (χ1) is 20.3. The van der Waals surface area contributed by atoms with Gasteiger partial charge in [0.25, 0.3) is 10.0 Å². The van der Waals surface area contributed by atoms with Gasteiger partial charge in [-0.1, -0.05) is 99.3 Å². The van der Waals surface area contributed by atoms with Crippen LogP contribution in [0.25, 0.3) is 0 Å². The summed E-state index contributed by atoms with van der Waals surface area (Å²) in [6.07, 6.45) is 6.06. The first kappa shape index (κ1) is 31.6. The Balaban J connectivity index is 1.73. The summed E-state index contributed by atoms with van der Waals surface area (Å²) in [5.41, 5.74) is 1.92. The van der Waals surface area contributed by atoms with Crippen LogP contribution < -0.4 is 9.62 Å². The van der Waals surface area contributed by atoms with Crippen LogP contribution in [0.5, 0.6) is 0 Å². The van der Waals surface area contributed by atoms with E-state index in [2.05, 4.69) is 5.32 Å². The smallest absolute Gasteiger partial charge is 0.264 e. The first-order valence-corrected chi connectivity index (χ1v) is 16.6. The standard InChI is InChI=1S/C33H40ClN3O4S/c1-3-25-15-12-14-22-31(25)37(42(40,41)28-19-9-6-10-20-28)24-32(38)36(23-26-16-11-13-21-29(26)34)30(4-2)33(39)35-27-17-7-5-8-18-27/h6,9-16,19-22,27,30H,3-5,7-8,17-18,23-24H2,1-2H3,(H,35,39)/t30-/m0/s1. The van der Waals surface area contributed by atoms with Crippen molar-refractivity contribution < 1.29 is 18.0 Å². The summed E-state index contributed by atoms with van der Waals surface area (Å²) < 4.78 is 29.3. The fourth-order valence-corrected chi connectivity index (χ4v) is 7.23. The van der Waals surface area contributed by atoms with E-state index in [1.807, 2.05) is 38.1 Å². The summed E-state index contributed by atoms with van der Waals surface area (Å²) >= 11 is 6.51. The van der Waals surface area contributed by atoms with Gasteiger partial charge in [0.05, 0.1) is 10.6 Å². The molecule has 0 bridgehead atoms. The van der Waals surface area contributed by atoms with E-state index in [-0.39, 0.29) is 23.4 Å². The van der Waals surface area contributed by atoms with E-state index in [0.717, 1.165) is 37.7 Å². The van der Waals surface area contributed by atoms with E-state index < -0.39 is 28.5 Å². The van der Waals surface area contributed by atoms with Crippen LogP contribution in [-0.4, -0.2) is 43.8 Å². The number of halogens is 1. The quantitative estimate of drug-likeness (QED) is 0.259. The van der Waals surface area contributed by atoms with Gasteiger partial charge in [-0.05, 0) is 61.1 Å². The lowest BCUT2D eigenvalue weighted by atomic mass is 9.95. The third kappa shape index (κ3) is 7.53. The number of benzene rings is 3. The molecule has 0 radical (unpaired) electrons. The van der Waals surface area contributed by atoms with E-state index >= 15 is 0 Å². The average molecular weight is 610 g/mol. The molecule has 0 heterocycles. The Hall–Kier alpha value is -3.36. The summed E-state index contributed by atoms with van der Waals surface area (Å²) in [5, 5.41) is 3.64. The molecule has 1 saturated carbocycles. The SMILES string of the molecule is CCc1ccccc1N(CC(=O)N(Cc1ccccc1Cl)[C@@H](CC)C(=O)NC1CCCCC1)S(=O)(=O)c1ccccc1. The van der Waals surface area contributed by atoms with E-state index in [1.165, 1.54) is 21.3 Å². The van der Waals surface area contributed by atoms with Crippen molar-refractivity contribution in [2.75, 3.05) is 10.8 Å². The van der Waals surface area contributed by atoms with Crippen LogP contribution >= 0.6 is 11.6 Å². The number of para-hydroxylation sites is 1. The first-order valence-electron chi connectivity index (χ1n) is 14.7. The predicted octanol–water partition coefficient (Wildman–Crippen LogP) is 6.35. The van der Waals surface area contributed by atoms with Crippen molar-refractivity contribution in [1.29, 1.82) is 0 Å². The van der Waals surface area contributed by atoms with Crippen LogP contribution in [0.3, 0.4) is 0 Å². The van der Waals surface area contributed by atoms with Crippen LogP contribution in [0.4, 0.5) is 5.69 Å². The lowest BCUT2D eigenvalue weighted by Gasteiger charge is -2.35. The van der Waals surface area contributed by atoms with Crippen molar-refractivity contribution >= 4 is 39.1 Å². The molecule has 1 fully saturated rings. The number of amides is 2. The largest absolute Gasteiger partial charge is 0.352 e. The highest BCUT2D eigenvalue weighted by atomic mass is 35.5. The van der Waals surface area contributed by atoms with Crippen molar-refractivity contribution in [1.82, 2.24) is 10.2 Å². The normalized spacial score (nSPS) is 14.6. The molecule has 3 aromatic carbocycles. The van der Waals surface area contributed by atoms with Gasteiger partial charge in [0.2, 0.25) is 11.8 Å². The highest BCUT2D eigenvalue weighted by Gasteiger charge is 2.35. The maximum absolute atomic E-state index is 14.3. The Morgan fingerprint density at radius 1 is 0.881 bits per heavy atom. The van der Waals surface area contributed by atoms with Gasteiger partial charge < -0.3 is 10.2 Å². The summed E-state index contributed by atoms with van der Waals surface area (Å²) in [4.78, 5) is 29.6. The van der Waals surface area contributed by atoms with Crippen molar-refractivity contribution in [3.05, 3.63) is 95.0 Å². The Bertz CT molecular complexity index is 1460. The lowest BCUT2D eigenvalue weighted by Crippen LogP contribution is -2.54. The maximum Gasteiger partial charge on any atom is 0.264 e. The molecule has 1 atom stereocenters. The van der Waals surface area contributed by atoms with E-state index in [4.69, 9.17) is 11.6 Å². The molecule has 9 heteroatoms. The fourth-order valence-electron chi connectivity index (χ4n) is 5.56. The van der Waals surface area contributed by atoms with E-state index in [0.29, 0.717) is 29.1 Å². The zero-order valence-electron chi connectivity index (χ0n) is 24.3. The third-order valence-corrected chi connectivity index (χ3v) is 10.0. The molecule has 3 aromatic rings. The Morgan fingerprint density at radius 3 is 2.14 bits per heavy atom. The number of anilines is 1. The number of rotatable bonds is 12. The molecule has 42 heavy (non-hydrogen) atoms. The molecule has 1 aliphatic carbocycles. The van der Waals surface area contributed by atoms with Gasteiger partial charge in [0, 0.05) is 17.6 Å². The predicted molar refractivity (Wildman–Crippen MR) is 168 cm³/mol. The molecule has 224 valence electrons. The zero-order valence-corrected chi connectivity index (χ0v) is 25.9. The molecule has 7 nitrogen and oxygen atoms in total. The average Bonchev–Trinajstić information content (AvgIpc) is 3.01. The number of nitrogens with one attached hydrogen (secondary N) is 1. The van der Waals surface area contributed by atoms with Crippen molar-refractivity contribution in [3.8, 4) is 0 Å². The van der Waals surface area contributed by atoms with Crippen LogP contribution in [0.15, 0.2) is 83.8 Å². The Morgan fingerprint density at radius 2 is 1.50 bits per heavy atom. The second-order valence-electron chi connectivity index (χ2n) is 10.7. The number of carbonyl (C=O) groups excluding carboxylic acids is 2. The molecule has 0 spiro atoms. The molecule has 0 aliphatic heterocycles. The minimum absolute atomic E-state index is 0.0731. The van der Waals surface area contributed by atoms with Gasteiger partial charge in [-0.25, -0.2) is 8.42 Å². The number of hydrogen-bond acceptors (Lipinski definition) is 4. The number of aryl methyl sites for hydroxylation is 1. The van der Waals surface area contributed by atoms with Crippen LogP contribution in [0, 0.1) is 0 Å². The molecule has 0 aromatic heterocycles. The van der Waals surface area contributed by atoms with Crippen LogP contribution in [0.1, 0.15) is 63.5 Å². The van der Waals surface area contributed by atoms with E-state index in [9.17, 15) is 18.0 Å². The van der Waals surface area contributed by atoms with Gasteiger partial charge in [0.1, 0.15) is 12.6 Å². The van der Waals surface area contributed by atoms with Crippen molar-refractivity contribution in [2.45, 2.75) is 82.3 Å². The van der Waals surface area contributed by atoms with Gasteiger partial charge >= 0.3 is 0 Å². The van der Waals surface area contributed by atoms with Gasteiger partial charge in [-0.3, -0.25) is 13.9 Å². The van der Waals surface area contributed by atoms with Crippen LogP contribution in [-0.2, 0) is 32.6 Å². The summed E-state index contributed by atoms with van der Waals surface area (Å²) in [6, 6.07) is 21.8.